The minimum absolute atomic E-state index is 0.288. The van der Waals surface area contributed by atoms with Gasteiger partial charge in [-0.05, 0) is 48.5 Å². The molecule has 2 amide bonds. The molecule has 21 heavy (non-hydrogen) atoms. The van der Waals surface area contributed by atoms with E-state index in [1.807, 2.05) is 12.1 Å². The van der Waals surface area contributed by atoms with Crippen LogP contribution in [0.15, 0.2) is 48.5 Å². The zero-order valence-corrected chi connectivity index (χ0v) is 10.8. The Morgan fingerprint density at radius 2 is 1.05 bits per heavy atom. The molecule has 2 rings (SSSR count). The van der Waals surface area contributed by atoms with Gasteiger partial charge in [0.25, 0.3) is 11.8 Å². The molecule has 0 fully saturated rings. The van der Waals surface area contributed by atoms with Crippen molar-refractivity contribution in [3.8, 4) is 12.1 Å². The number of carbonyl (C=O) groups is 2. The van der Waals surface area contributed by atoms with Crippen LogP contribution >= 0.6 is 0 Å². The first-order valence-corrected chi connectivity index (χ1v) is 6.00. The van der Waals surface area contributed by atoms with E-state index < -0.39 is 11.8 Å². The highest BCUT2D eigenvalue weighted by Crippen LogP contribution is 2.06. The summed E-state index contributed by atoms with van der Waals surface area (Å²) in [6, 6.07) is 15.8. The van der Waals surface area contributed by atoms with Crippen molar-refractivity contribution in [1.82, 2.24) is 5.32 Å². The number of rotatable bonds is 2. The van der Waals surface area contributed by atoms with Crippen LogP contribution in [0.1, 0.15) is 31.8 Å². The van der Waals surface area contributed by atoms with Crippen molar-refractivity contribution < 1.29 is 9.59 Å². The van der Waals surface area contributed by atoms with Crippen molar-refractivity contribution in [3.05, 3.63) is 70.8 Å². The van der Waals surface area contributed by atoms with E-state index in [1.165, 1.54) is 48.5 Å². The third-order valence-electron chi connectivity index (χ3n) is 2.78. The second-order valence-corrected chi connectivity index (χ2v) is 4.16. The molecule has 2 aromatic carbocycles. The number of benzene rings is 2. The Balaban J connectivity index is 2.09. The van der Waals surface area contributed by atoms with Crippen molar-refractivity contribution in [3.63, 3.8) is 0 Å². The first kappa shape index (κ1) is 14.0. The van der Waals surface area contributed by atoms with Crippen molar-refractivity contribution in [2.75, 3.05) is 0 Å². The van der Waals surface area contributed by atoms with E-state index >= 15 is 0 Å². The Morgan fingerprint density at radius 1 is 0.714 bits per heavy atom. The minimum Gasteiger partial charge on any atom is -0.288 e. The average Bonchev–Trinajstić information content (AvgIpc) is 2.55. The highest BCUT2D eigenvalue weighted by Gasteiger charge is 2.12. The van der Waals surface area contributed by atoms with Gasteiger partial charge in [-0.2, -0.15) is 10.5 Å². The molecule has 0 heterocycles. The third kappa shape index (κ3) is 3.31. The summed E-state index contributed by atoms with van der Waals surface area (Å²) in [6.45, 7) is 0. The fraction of sp³-hybridized carbons (Fsp3) is 0. The predicted molar refractivity (Wildman–Crippen MR) is 74.1 cm³/mol. The first-order chi connectivity index (χ1) is 10.1. The van der Waals surface area contributed by atoms with Crippen molar-refractivity contribution in [1.29, 1.82) is 10.5 Å². The van der Waals surface area contributed by atoms with Crippen LogP contribution in [-0.2, 0) is 0 Å². The fourth-order valence-electron chi connectivity index (χ4n) is 1.64. The summed E-state index contributed by atoms with van der Waals surface area (Å²) in [7, 11) is 0. The molecule has 0 radical (unpaired) electrons. The molecule has 0 aliphatic carbocycles. The first-order valence-electron chi connectivity index (χ1n) is 6.00. The molecule has 1 N–H and O–H groups in total. The smallest absolute Gasteiger partial charge is 0.258 e. The Bertz CT molecular complexity index is 696. The Labute approximate surface area is 121 Å². The molecule has 100 valence electrons. The number of nitrogens with zero attached hydrogens (tertiary/aromatic N) is 2. The van der Waals surface area contributed by atoms with E-state index in [-0.39, 0.29) is 11.1 Å². The highest BCUT2D eigenvalue weighted by molar-refractivity contribution is 6.10. The lowest BCUT2D eigenvalue weighted by Crippen LogP contribution is -2.30. The van der Waals surface area contributed by atoms with Crippen LogP contribution in [0.25, 0.3) is 0 Å². The molecule has 2 aromatic rings. The summed E-state index contributed by atoms with van der Waals surface area (Å²) in [6.07, 6.45) is 0. The van der Waals surface area contributed by atoms with E-state index in [0.29, 0.717) is 11.1 Å². The average molecular weight is 275 g/mol. The van der Waals surface area contributed by atoms with E-state index in [0.717, 1.165) is 0 Å². The highest BCUT2D eigenvalue weighted by atomic mass is 16.2. The maximum absolute atomic E-state index is 11.9. The van der Waals surface area contributed by atoms with Gasteiger partial charge < -0.3 is 0 Å². The Kier molecular flexibility index (Phi) is 4.09. The second kappa shape index (κ2) is 6.14. The molecule has 0 aliphatic rings. The van der Waals surface area contributed by atoms with Gasteiger partial charge in [-0.25, -0.2) is 0 Å². The number of nitriles is 2. The van der Waals surface area contributed by atoms with Crippen molar-refractivity contribution in [2.45, 2.75) is 0 Å². The fourth-order valence-corrected chi connectivity index (χ4v) is 1.64. The minimum atomic E-state index is -0.547. The number of hydrogen-bond acceptors (Lipinski definition) is 4. The van der Waals surface area contributed by atoms with Gasteiger partial charge in [0.2, 0.25) is 0 Å². The quantitative estimate of drug-likeness (QED) is 0.848. The van der Waals surface area contributed by atoms with Gasteiger partial charge in [0.05, 0.1) is 23.3 Å². The molecule has 5 heteroatoms. The van der Waals surface area contributed by atoms with Crippen LogP contribution in [0.2, 0.25) is 0 Å². The standard InChI is InChI=1S/C16H9N3O2/c17-9-11-1-5-13(6-2-11)15(20)19-16(21)14-7-3-12(10-18)4-8-14/h1-8H,(H,19,20,21). The zero-order valence-electron chi connectivity index (χ0n) is 10.8. The molecular weight excluding hydrogens is 266 g/mol. The number of imide groups is 1. The van der Waals surface area contributed by atoms with Gasteiger partial charge in [0.15, 0.2) is 0 Å². The van der Waals surface area contributed by atoms with Crippen LogP contribution in [0.3, 0.4) is 0 Å². The normalized spacial score (nSPS) is 9.24. The summed E-state index contributed by atoms with van der Waals surface area (Å²) in [5, 5.41) is 19.6. The van der Waals surface area contributed by atoms with Gasteiger partial charge in [0, 0.05) is 11.1 Å². The molecular formula is C16H9N3O2. The Morgan fingerprint density at radius 3 is 1.33 bits per heavy atom. The maximum atomic E-state index is 11.9. The van der Waals surface area contributed by atoms with E-state index in [2.05, 4.69) is 5.32 Å². The summed E-state index contributed by atoms with van der Waals surface area (Å²) in [5.41, 5.74) is 1.45. The zero-order chi connectivity index (χ0) is 15.2. The maximum Gasteiger partial charge on any atom is 0.258 e. The summed E-state index contributed by atoms with van der Waals surface area (Å²) in [4.78, 5) is 23.8. The Hall–Kier alpha value is -3.44. The van der Waals surface area contributed by atoms with E-state index in [4.69, 9.17) is 10.5 Å². The lowest BCUT2D eigenvalue weighted by molar-refractivity contribution is 0.0849. The SMILES string of the molecule is N#Cc1ccc(C(=O)NC(=O)c2ccc(C#N)cc2)cc1. The van der Waals surface area contributed by atoms with Crippen LogP contribution in [0.5, 0.6) is 0 Å². The molecule has 0 unspecified atom stereocenters. The molecule has 0 saturated heterocycles. The lowest BCUT2D eigenvalue weighted by Gasteiger charge is -2.04. The summed E-state index contributed by atoms with van der Waals surface area (Å²) < 4.78 is 0. The largest absolute Gasteiger partial charge is 0.288 e. The monoisotopic (exact) mass is 275 g/mol. The topological polar surface area (TPSA) is 93.8 Å². The predicted octanol–water partition coefficient (Wildman–Crippen LogP) is 2.00. The number of amides is 2. The van der Waals surface area contributed by atoms with Crippen LogP contribution in [-0.4, -0.2) is 11.8 Å². The summed E-state index contributed by atoms with van der Waals surface area (Å²) in [5.74, 6) is -1.09. The third-order valence-corrected chi connectivity index (χ3v) is 2.78. The number of nitrogens with one attached hydrogen (secondary N) is 1. The lowest BCUT2D eigenvalue weighted by atomic mass is 10.1. The second-order valence-electron chi connectivity index (χ2n) is 4.16. The van der Waals surface area contributed by atoms with Gasteiger partial charge in [0.1, 0.15) is 0 Å². The number of carbonyl (C=O) groups excluding carboxylic acids is 2. The van der Waals surface area contributed by atoms with E-state index in [1.54, 1.807) is 0 Å². The molecule has 0 saturated carbocycles. The molecule has 0 aliphatic heterocycles. The van der Waals surface area contributed by atoms with Crippen LogP contribution < -0.4 is 5.32 Å². The molecule has 0 aromatic heterocycles. The van der Waals surface area contributed by atoms with Gasteiger partial charge >= 0.3 is 0 Å². The van der Waals surface area contributed by atoms with Crippen molar-refractivity contribution in [2.24, 2.45) is 0 Å². The van der Waals surface area contributed by atoms with Crippen LogP contribution in [0, 0.1) is 22.7 Å². The summed E-state index contributed by atoms with van der Waals surface area (Å²) >= 11 is 0. The molecule has 0 bridgehead atoms. The van der Waals surface area contributed by atoms with Gasteiger partial charge in [-0.3, -0.25) is 14.9 Å². The molecule has 0 spiro atoms. The van der Waals surface area contributed by atoms with Crippen LogP contribution in [0.4, 0.5) is 0 Å². The van der Waals surface area contributed by atoms with E-state index in [9.17, 15) is 9.59 Å². The van der Waals surface area contributed by atoms with Crippen molar-refractivity contribution >= 4 is 11.8 Å². The number of hydrogen-bond donors (Lipinski definition) is 1. The molecule has 0 atom stereocenters. The van der Waals surface area contributed by atoms with Gasteiger partial charge in [-0.15, -0.1) is 0 Å². The molecule has 5 nitrogen and oxygen atoms in total. The van der Waals surface area contributed by atoms with Gasteiger partial charge in [-0.1, -0.05) is 0 Å².